The summed E-state index contributed by atoms with van der Waals surface area (Å²) >= 11 is 0. The van der Waals surface area contributed by atoms with Gasteiger partial charge in [0.1, 0.15) is 11.3 Å². The van der Waals surface area contributed by atoms with Crippen molar-refractivity contribution in [1.29, 1.82) is 0 Å². The zero-order valence-electron chi connectivity index (χ0n) is 16.6. The third-order valence-corrected chi connectivity index (χ3v) is 7.33. The molecule has 3 aromatic rings. The van der Waals surface area contributed by atoms with Gasteiger partial charge in [0.05, 0.1) is 4.90 Å². The average Bonchev–Trinajstić information content (AvgIpc) is 3.19. The predicted molar refractivity (Wildman–Crippen MR) is 109 cm³/mol. The number of benzene rings is 1. The van der Waals surface area contributed by atoms with Crippen LogP contribution in [0.15, 0.2) is 47.5 Å². The maximum absolute atomic E-state index is 13.0. The average molecular weight is 468 g/mol. The Kier molecular flexibility index (Phi) is 5.59. The molecule has 8 nitrogen and oxygen atoms in total. The highest BCUT2D eigenvalue weighted by Gasteiger charge is 2.33. The van der Waals surface area contributed by atoms with Gasteiger partial charge in [-0.15, -0.1) is 0 Å². The Labute approximate surface area is 181 Å². The Morgan fingerprint density at radius 2 is 1.81 bits per heavy atom. The van der Waals surface area contributed by atoms with Crippen molar-refractivity contribution in [2.45, 2.75) is 30.0 Å². The number of nitrogens with zero attached hydrogens (tertiary/aromatic N) is 2. The van der Waals surface area contributed by atoms with Crippen molar-refractivity contribution in [3.05, 3.63) is 48.3 Å². The van der Waals surface area contributed by atoms with Crippen molar-refractivity contribution >= 4 is 27.1 Å². The second kappa shape index (κ2) is 8.10. The van der Waals surface area contributed by atoms with E-state index in [1.807, 2.05) is 0 Å². The van der Waals surface area contributed by atoms with Crippen molar-refractivity contribution in [3.63, 3.8) is 0 Å². The Bertz CT molecular complexity index is 1250. The van der Waals surface area contributed by atoms with Crippen LogP contribution in [0.1, 0.15) is 18.5 Å². The molecule has 1 fully saturated rings. The number of aromatic amines is 1. The van der Waals surface area contributed by atoms with E-state index >= 15 is 0 Å². The molecule has 3 heterocycles. The van der Waals surface area contributed by atoms with Crippen molar-refractivity contribution in [3.8, 4) is 11.1 Å². The molecule has 1 saturated heterocycles. The van der Waals surface area contributed by atoms with Crippen LogP contribution in [0.4, 0.5) is 18.0 Å². The Hall–Kier alpha value is -3.12. The molecule has 0 atom stereocenters. The van der Waals surface area contributed by atoms with E-state index in [-0.39, 0.29) is 35.1 Å². The van der Waals surface area contributed by atoms with E-state index < -0.39 is 28.0 Å². The highest BCUT2D eigenvalue weighted by Crippen LogP contribution is 2.35. The Balaban J connectivity index is 1.57. The monoisotopic (exact) mass is 468 g/mol. The lowest BCUT2D eigenvalue weighted by Crippen LogP contribution is -2.46. The van der Waals surface area contributed by atoms with Gasteiger partial charge in [0.2, 0.25) is 10.0 Å². The second-order valence-electron chi connectivity index (χ2n) is 7.45. The molecule has 170 valence electrons. The molecule has 0 spiro atoms. The first-order chi connectivity index (χ1) is 15.1. The number of carboxylic acid groups (broad SMARTS) is 1. The second-order valence-corrected chi connectivity index (χ2v) is 9.39. The summed E-state index contributed by atoms with van der Waals surface area (Å²) in [4.78, 5) is 17.0. The smallest absolute Gasteiger partial charge is 0.431 e. The largest absolute Gasteiger partial charge is 0.465 e. The number of nitrogens with one attached hydrogen (secondary N) is 2. The van der Waals surface area contributed by atoms with Crippen LogP contribution in [0.5, 0.6) is 0 Å². The van der Waals surface area contributed by atoms with Gasteiger partial charge < -0.3 is 15.4 Å². The van der Waals surface area contributed by atoms with Gasteiger partial charge in [0.15, 0.2) is 0 Å². The summed E-state index contributed by atoms with van der Waals surface area (Å²) in [7, 11) is -3.78. The number of hydrogen-bond acceptors (Lipinski definition) is 4. The summed E-state index contributed by atoms with van der Waals surface area (Å²) in [5, 5.41) is 11.4. The zero-order chi connectivity index (χ0) is 23.1. The summed E-state index contributed by atoms with van der Waals surface area (Å²) in [5.41, 5.74) is 0.219. The maximum atomic E-state index is 13.0. The first kappa shape index (κ1) is 22.1. The quantitative estimate of drug-likeness (QED) is 0.541. The van der Waals surface area contributed by atoms with Gasteiger partial charge in [-0.25, -0.2) is 18.2 Å². The number of fused-ring (bicyclic) bond motifs is 1. The van der Waals surface area contributed by atoms with Gasteiger partial charge in [0, 0.05) is 30.7 Å². The number of carbonyl (C=O) groups is 1. The van der Waals surface area contributed by atoms with E-state index in [1.165, 1.54) is 22.6 Å². The minimum atomic E-state index is -4.54. The molecule has 0 saturated carbocycles. The highest BCUT2D eigenvalue weighted by molar-refractivity contribution is 7.89. The van der Waals surface area contributed by atoms with E-state index in [0.717, 1.165) is 6.07 Å². The summed E-state index contributed by atoms with van der Waals surface area (Å²) in [6.07, 6.45) is -3.56. The number of sulfonamides is 1. The molecule has 2 aromatic heterocycles. The van der Waals surface area contributed by atoms with Crippen molar-refractivity contribution in [1.82, 2.24) is 19.6 Å². The Morgan fingerprint density at radius 3 is 2.41 bits per heavy atom. The molecule has 32 heavy (non-hydrogen) atoms. The van der Waals surface area contributed by atoms with Crippen molar-refractivity contribution in [2.24, 2.45) is 0 Å². The summed E-state index contributed by atoms with van der Waals surface area (Å²) in [5.74, 6) is 0. The number of H-pyrrole nitrogens is 1. The van der Waals surface area contributed by atoms with Gasteiger partial charge in [-0.05, 0) is 48.2 Å². The first-order valence-corrected chi connectivity index (χ1v) is 11.1. The lowest BCUT2D eigenvalue weighted by Gasteiger charge is -2.31. The molecular weight excluding hydrogens is 449 g/mol. The molecule has 0 aliphatic carbocycles. The minimum absolute atomic E-state index is 0.0567. The summed E-state index contributed by atoms with van der Waals surface area (Å²) in [6, 6.07) is 8.17. The number of pyridine rings is 1. The van der Waals surface area contributed by atoms with Crippen molar-refractivity contribution in [2.75, 3.05) is 13.1 Å². The van der Waals surface area contributed by atoms with Gasteiger partial charge in [0.25, 0.3) is 0 Å². The SMILES string of the molecule is O=C(O)NC1CCN(S(=O)(=O)c2ccc(-c3ccnc4[nH]c(C(F)(F)F)cc34)cc2)CC1. The zero-order valence-corrected chi connectivity index (χ0v) is 17.4. The molecule has 1 amide bonds. The van der Waals surface area contributed by atoms with Gasteiger partial charge in [-0.3, -0.25) is 0 Å². The highest BCUT2D eigenvalue weighted by atomic mass is 32.2. The fourth-order valence-corrected chi connectivity index (χ4v) is 5.27. The van der Waals surface area contributed by atoms with E-state index in [2.05, 4.69) is 15.3 Å². The lowest BCUT2D eigenvalue weighted by atomic mass is 10.0. The van der Waals surface area contributed by atoms with Crippen LogP contribution < -0.4 is 5.32 Å². The number of hydrogen-bond donors (Lipinski definition) is 3. The maximum Gasteiger partial charge on any atom is 0.431 e. The van der Waals surface area contributed by atoms with E-state index in [0.29, 0.717) is 24.0 Å². The van der Waals surface area contributed by atoms with Gasteiger partial charge in [-0.2, -0.15) is 17.5 Å². The van der Waals surface area contributed by atoms with E-state index in [4.69, 9.17) is 5.11 Å². The lowest BCUT2D eigenvalue weighted by molar-refractivity contribution is -0.140. The molecule has 1 aliphatic rings. The molecule has 0 radical (unpaired) electrons. The third kappa shape index (κ3) is 4.28. The van der Waals surface area contributed by atoms with E-state index in [1.54, 1.807) is 18.2 Å². The molecule has 0 unspecified atom stereocenters. The topological polar surface area (TPSA) is 115 Å². The van der Waals surface area contributed by atoms with Gasteiger partial charge in [-0.1, -0.05) is 12.1 Å². The number of aromatic nitrogens is 2. The molecular formula is C20H19F3N4O4S. The molecule has 4 rings (SSSR count). The number of amides is 1. The van der Waals surface area contributed by atoms with Crippen LogP contribution in [0, 0.1) is 0 Å². The molecule has 0 bridgehead atoms. The van der Waals surface area contributed by atoms with Gasteiger partial charge >= 0.3 is 12.3 Å². The molecule has 1 aromatic carbocycles. The number of alkyl halides is 3. The fraction of sp³-hybridized carbons (Fsp3) is 0.300. The first-order valence-electron chi connectivity index (χ1n) is 9.70. The Morgan fingerprint density at radius 1 is 1.16 bits per heavy atom. The van der Waals surface area contributed by atoms with E-state index in [9.17, 15) is 26.4 Å². The van der Waals surface area contributed by atoms with Crippen LogP contribution in [0.25, 0.3) is 22.2 Å². The van der Waals surface area contributed by atoms with Crippen molar-refractivity contribution < 1.29 is 31.5 Å². The van der Waals surface area contributed by atoms with Crippen LogP contribution >= 0.6 is 0 Å². The summed E-state index contributed by atoms with van der Waals surface area (Å²) in [6.45, 7) is 0.368. The van der Waals surface area contributed by atoms with Crippen LogP contribution in [-0.2, 0) is 16.2 Å². The number of halogens is 3. The minimum Gasteiger partial charge on any atom is -0.465 e. The fourth-order valence-electron chi connectivity index (χ4n) is 3.80. The molecule has 3 N–H and O–H groups in total. The number of rotatable bonds is 4. The van der Waals surface area contributed by atoms with Crippen LogP contribution in [0.3, 0.4) is 0 Å². The third-order valence-electron chi connectivity index (χ3n) is 5.42. The standard InChI is InChI=1S/C20H19F3N4O4S/c21-20(22,23)17-11-16-15(5-8-24-18(16)26-17)12-1-3-14(4-2-12)32(30,31)27-9-6-13(7-10-27)25-19(28)29/h1-5,8,11,13,25H,6-7,9-10H2,(H,24,26)(H,28,29). The predicted octanol–water partition coefficient (Wildman–Crippen LogP) is 3.67. The normalized spacial score (nSPS) is 16.3. The van der Waals surface area contributed by atoms with Crippen LogP contribution in [0.2, 0.25) is 0 Å². The molecule has 12 heteroatoms. The number of piperidine rings is 1. The van der Waals surface area contributed by atoms with Crippen LogP contribution in [-0.4, -0.2) is 53.0 Å². The molecule has 1 aliphatic heterocycles. The summed E-state index contributed by atoms with van der Waals surface area (Å²) < 4.78 is 66.3.